The van der Waals surface area contributed by atoms with Crippen LogP contribution in [-0.2, 0) is 0 Å². The number of anilines is 1. The molecule has 0 saturated carbocycles. The Labute approximate surface area is 184 Å². The Morgan fingerprint density at radius 2 is 1.97 bits per heavy atom. The van der Waals surface area contributed by atoms with Crippen LogP contribution in [0.3, 0.4) is 0 Å². The fraction of sp³-hybridized carbons (Fsp3) is 0.318. The standard InChI is InChI=1S/C22H22ClN5OS/c23-17-4-2-1-3-15(17)18-11-30-21(27-18)16-9-14(10-26-19(16)20(24)29)28-7-5-22(6-8-28)12-25-13-22/h1-4,9-11,25H,5-8,12-13H2,(H2,24,29). The Morgan fingerprint density at radius 1 is 1.20 bits per heavy atom. The van der Waals surface area contributed by atoms with E-state index >= 15 is 0 Å². The summed E-state index contributed by atoms with van der Waals surface area (Å²) in [6, 6.07) is 9.59. The van der Waals surface area contributed by atoms with Crippen LogP contribution >= 0.6 is 22.9 Å². The predicted octanol–water partition coefficient (Wildman–Crippen LogP) is 3.81. The Hall–Kier alpha value is -2.48. The first-order valence-electron chi connectivity index (χ1n) is 10.0. The maximum atomic E-state index is 12.0. The fourth-order valence-corrected chi connectivity index (χ4v) is 5.32. The molecule has 0 bridgehead atoms. The van der Waals surface area contributed by atoms with Crippen molar-refractivity contribution in [2.45, 2.75) is 12.8 Å². The molecule has 2 aliphatic rings. The third kappa shape index (κ3) is 3.47. The maximum Gasteiger partial charge on any atom is 0.268 e. The number of nitrogens with zero attached hydrogens (tertiary/aromatic N) is 3. The number of primary amides is 1. The first-order valence-corrected chi connectivity index (χ1v) is 11.3. The van der Waals surface area contributed by atoms with E-state index in [1.165, 1.54) is 24.2 Å². The molecule has 2 fully saturated rings. The summed E-state index contributed by atoms with van der Waals surface area (Å²) in [6.07, 6.45) is 4.09. The highest BCUT2D eigenvalue weighted by atomic mass is 35.5. The van der Waals surface area contributed by atoms with Crippen molar-refractivity contribution in [2.75, 3.05) is 31.1 Å². The normalized spacial score (nSPS) is 17.7. The van der Waals surface area contributed by atoms with Crippen LogP contribution < -0.4 is 16.0 Å². The number of benzene rings is 1. The molecular formula is C22H22ClN5OS. The number of pyridine rings is 1. The average Bonchev–Trinajstić information content (AvgIpc) is 3.22. The number of carbonyl (C=O) groups is 1. The molecular weight excluding hydrogens is 418 g/mol. The van der Waals surface area contributed by atoms with Crippen LogP contribution in [-0.4, -0.2) is 42.1 Å². The first kappa shape index (κ1) is 19.5. The van der Waals surface area contributed by atoms with Crippen molar-refractivity contribution in [1.29, 1.82) is 0 Å². The zero-order valence-electron chi connectivity index (χ0n) is 16.4. The van der Waals surface area contributed by atoms with Gasteiger partial charge >= 0.3 is 0 Å². The molecule has 6 nitrogen and oxygen atoms in total. The molecule has 154 valence electrons. The number of rotatable bonds is 4. The van der Waals surface area contributed by atoms with Gasteiger partial charge in [-0.25, -0.2) is 9.97 Å². The summed E-state index contributed by atoms with van der Waals surface area (Å²) in [4.78, 5) is 23.5. The van der Waals surface area contributed by atoms with Crippen molar-refractivity contribution in [1.82, 2.24) is 15.3 Å². The van der Waals surface area contributed by atoms with E-state index in [1.54, 1.807) is 6.20 Å². The summed E-state index contributed by atoms with van der Waals surface area (Å²) in [7, 11) is 0. The van der Waals surface area contributed by atoms with Gasteiger partial charge in [0.1, 0.15) is 10.7 Å². The molecule has 2 saturated heterocycles. The number of aromatic nitrogens is 2. The molecule has 1 spiro atoms. The third-order valence-electron chi connectivity index (χ3n) is 6.18. The molecule has 0 unspecified atom stereocenters. The largest absolute Gasteiger partial charge is 0.370 e. The zero-order valence-corrected chi connectivity index (χ0v) is 18.0. The van der Waals surface area contributed by atoms with Gasteiger partial charge in [0.25, 0.3) is 5.91 Å². The molecule has 30 heavy (non-hydrogen) atoms. The van der Waals surface area contributed by atoms with Crippen LogP contribution in [0, 0.1) is 5.41 Å². The lowest BCUT2D eigenvalue weighted by Gasteiger charge is -2.48. The van der Waals surface area contributed by atoms with Crippen LogP contribution in [0.5, 0.6) is 0 Å². The highest BCUT2D eigenvalue weighted by Gasteiger charge is 2.39. The van der Waals surface area contributed by atoms with Crippen molar-refractivity contribution in [3.8, 4) is 21.8 Å². The quantitative estimate of drug-likeness (QED) is 0.645. The van der Waals surface area contributed by atoms with Gasteiger partial charge in [-0.3, -0.25) is 4.79 Å². The number of amides is 1. The first-order chi connectivity index (χ1) is 14.5. The molecule has 8 heteroatoms. The molecule has 0 radical (unpaired) electrons. The van der Waals surface area contributed by atoms with Crippen molar-refractivity contribution in [2.24, 2.45) is 11.1 Å². The van der Waals surface area contributed by atoms with Gasteiger partial charge in [-0.1, -0.05) is 29.8 Å². The molecule has 0 aliphatic carbocycles. The Morgan fingerprint density at radius 3 is 2.63 bits per heavy atom. The van der Waals surface area contributed by atoms with Crippen molar-refractivity contribution < 1.29 is 4.79 Å². The Balaban J connectivity index is 1.47. The van der Waals surface area contributed by atoms with Gasteiger partial charge in [0.2, 0.25) is 0 Å². The van der Waals surface area contributed by atoms with Crippen molar-refractivity contribution in [3.63, 3.8) is 0 Å². The molecule has 2 aromatic heterocycles. The summed E-state index contributed by atoms with van der Waals surface area (Å²) in [5.74, 6) is -0.552. The maximum absolute atomic E-state index is 12.0. The van der Waals surface area contributed by atoms with Crippen LogP contribution in [0.2, 0.25) is 5.02 Å². The van der Waals surface area contributed by atoms with Crippen LogP contribution in [0.4, 0.5) is 5.69 Å². The monoisotopic (exact) mass is 439 g/mol. The number of carbonyl (C=O) groups excluding carboxylic acids is 1. The average molecular weight is 440 g/mol. The van der Waals surface area contributed by atoms with Crippen molar-refractivity contribution >= 4 is 34.5 Å². The second-order valence-electron chi connectivity index (χ2n) is 8.06. The number of halogens is 1. The molecule has 2 aliphatic heterocycles. The van der Waals surface area contributed by atoms with E-state index in [9.17, 15) is 4.79 Å². The van der Waals surface area contributed by atoms with Gasteiger partial charge in [0.15, 0.2) is 0 Å². The summed E-state index contributed by atoms with van der Waals surface area (Å²) in [5, 5.41) is 6.70. The minimum atomic E-state index is -0.552. The molecule has 3 N–H and O–H groups in total. The molecule has 3 aromatic rings. The Kier molecular flexibility index (Phi) is 4.97. The second kappa shape index (κ2) is 7.65. The van der Waals surface area contributed by atoms with Crippen molar-refractivity contribution in [3.05, 3.63) is 52.6 Å². The van der Waals surface area contributed by atoms with Crippen LogP contribution in [0.15, 0.2) is 41.9 Å². The highest BCUT2D eigenvalue weighted by Crippen LogP contribution is 2.38. The smallest absolute Gasteiger partial charge is 0.268 e. The lowest BCUT2D eigenvalue weighted by molar-refractivity contribution is 0.0996. The van der Waals surface area contributed by atoms with E-state index in [1.807, 2.05) is 35.7 Å². The van der Waals surface area contributed by atoms with E-state index in [2.05, 4.69) is 15.2 Å². The topological polar surface area (TPSA) is 84.1 Å². The van der Waals surface area contributed by atoms with E-state index in [0.29, 0.717) is 21.0 Å². The second-order valence-corrected chi connectivity index (χ2v) is 9.33. The van der Waals surface area contributed by atoms with Gasteiger partial charge in [0, 0.05) is 47.7 Å². The highest BCUT2D eigenvalue weighted by molar-refractivity contribution is 7.13. The molecule has 1 aromatic carbocycles. The SMILES string of the molecule is NC(=O)c1ncc(N2CCC3(CC2)CNC3)cc1-c1nc(-c2ccccc2Cl)cs1. The molecule has 0 atom stereocenters. The van der Waals surface area contributed by atoms with E-state index in [4.69, 9.17) is 22.3 Å². The van der Waals surface area contributed by atoms with E-state index < -0.39 is 5.91 Å². The van der Waals surface area contributed by atoms with Crippen LogP contribution in [0.25, 0.3) is 21.8 Å². The van der Waals surface area contributed by atoms with Gasteiger partial charge in [-0.2, -0.15) is 0 Å². The summed E-state index contributed by atoms with van der Waals surface area (Å²) in [5.41, 5.74) is 9.66. The van der Waals surface area contributed by atoms with Crippen LogP contribution in [0.1, 0.15) is 23.3 Å². The van der Waals surface area contributed by atoms with E-state index in [0.717, 1.165) is 43.1 Å². The molecule has 1 amide bonds. The lowest BCUT2D eigenvalue weighted by atomic mass is 9.73. The lowest BCUT2D eigenvalue weighted by Crippen LogP contribution is -2.58. The van der Waals surface area contributed by atoms with Gasteiger partial charge in [-0.15, -0.1) is 11.3 Å². The minimum absolute atomic E-state index is 0.246. The summed E-state index contributed by atoms with van der Waals surface area (Å²) >= 11 is 7.79. The van der Waals surface area contributed by atoms with Gasteiger partial charge in [0.05, 0.1) is 17.6 Å². The predicted molar refractivity (Wildman–Crippen MR) is 121 cm³/mol. The number of piperidine rings is 1. The number of nitrogens with two attached hydrogens (primary N) is 1. The number of nitrogens with one attached hydrogen (secondary N) is 1. The molecule has 4 heterocycles. The number of hydrogen-bond donors (Lipinski definition) is 2. The zero-order chi connectivity index (χ0) is 20.7. The fourth-order valence-electron chi connectivity index (χ4n) is 4.25. The van der Waals surface area contributed by atoms with E-state index in [-0.39, 0.29) is 5.69 Å². The number of hydrogen-bond acceptors (Lipinski definition) is 6. The number of thiazole rings is 1. The summed E-state index contributed by atoms with van der Waals surface area (Å²) < 4.78 is 0. The third-order valence-corrected chi connectivity index (χ3v) is 7.39. The Bertz CT molecular complexity index is 1100. The van der Waals surface area contributed by atoms with Gasteiger partial charge < -0.3 is 16.0 Å². The van der Waals surface area contributed by atoms with Gasteiger partial charge in [-0.05, 0) is 30.4 Å². The summed E-state index contributed by atoms with van der Waals surface area (Å²) in [6.45, 7) is 4.21. The molecule has 5 rings (SSSR count). The minimum Gasteiger partial charge on any atom is -0.370 e.